The van der Waals surface area contributed by atoms with Gasteiger partial charge in [-0.05, 0) is 51.6 Å². The first-order valence-corrected chi connectivity index (χ1v) is 9.15. The first kappa shape index (κ1) is 17.7. The third kappa shape index (κ3) is 4.18. The number of benzene rings is 3. The number of rotatable bonds is 6. The van der Waals surface area contributed by atoms with E-state index in [0.717, 1.165) is 23.1 Å². The third-order valence-corrected chi connectivity index (χ3v) is 4.73. The van der Waals surface area contributed by atoms with Crippen molar-refractivity contribution in [3.8, 4) is 0 Å². The van der Waals surface area contributed by atoms with E-state index in [1.54, 1.807) is 12.3 Å². The highest BCUT2D eigenvalue weighted by atomic mass is 16.4. The van der Waals surface area contributed by atoms with Crippen LogP contribution in [0, 0.1) is 0 Å². The lowest BCUT2D eigenvalue weighted by Gasteiger charge is -2.11. The minimum Gasteiger partial charge on any atom is -0.478 e. The number of carboxylic acid groups (broad SMARTS) is 1. The van der Waals surface area contributed by atoms with Crippen LogP contribution >= 0.6 is 0 Å². The van der Waals surface area contributed by atoms with Crippen LogP contribution in [0.15, 0.2) is 85.2 Å². The molecule has 0 radical (unpaired) electrons. The predicted molar refractivity (Wildman–Crippen MR) is 111 cm³/mol. The van der Waals surface area contributed by atoms with Crippen LogP contribution in [-0.4, -0.2) is 20.9 Å². The molecule has 0 aliphatic carbocycles. The molecule has 0 bridgehead atoms. The lowest BCUT2D eigenvalue weighted by atomic mass is 9.95. The van der Waals surface area contributed by atoms with Gasteiger partial charge < -0.3 is 5.11 Å². The van der Waals surface area contributed by atoms with Gasteiger partial charge in [-0.2, -0.15) is 5.10 Å². The Morgan fingerprint density at radius 2 is 1.79 bits per heavy atom. The zero-order valence-corrected chi connectivity index (χ0v) is 15.3. The number of aromatic nitrogens is 2. The maximum atomic E-state index is 11.0. The monoisotopic (exact) mass is 368 g/mol. The Bertz CT molecular complexity index is 1140. The van der Waals surface area contributed by atoms with Crippen molar-refractivity contribution in [2.75, 3.05) is 0 Å². The van der Waals surface area contributed by atoms with Crippen LogP contribution in [0.2, 0.25) is 0 Å². The van der Waals surface area contributed by atoms with Crippen molar-refractivity contribution in [1.29, 1.82) is 0 Å². The average Bonchev–Trinajstić information content (AvgIpc) is 3.20. The summed E-state index contributed by atoms with van der Waals surface area (Å²) >= 11 is 0. The fraction of sp³-hybridized carbons (Fsp3) is 0.0833. The maximum absolute atomic E-state index is 11.0. The van der Waals surface area contributed by atoms with Crippen molar-refractivity contribution >= 4 is 22.8 Å². The predicted octanol–water partition coefficient (Wildman–Crippen LogP) is 4.77. The SMILES string of the molecule is O=C(O)/C=C/c1ccc(Cn2cccn2)cc1Cc1ccc2ccccc2c1. The van der Waals surface area contributed by atoms with E-state index in [0.29, 0.717) is 6.54 Å². The number of hydrogen-bond acceptors (Lipinski definition) is 2. The molecule has 0 aliphatic heterocycles. The smallest absolute Gasteiger partial charge is 0.328 e. The first-order valence-electron chi connectivity index (χ1n) is 9.15. The molecule has 0 amide bonds. The molecule has 138 valence electrons. The third-order valence-electron chi connectivity index (χ3n) is 4.73. The van der Waals surface area contributed by atoms with Crippen molar-refractivity contribution < 1.29 is 9.90 Å². The fourth-order valence-electron chi connectivity index (χ4n) is 3.38. The summed E-state index contributed by atoms with van der Waals surface area (Å²) in [6.07, 6.45) is 7.28. The van der Waals surface area contributed by atoms with Crippen LogP contribution in [0.4, 0.5) is 0 Å². The molecule has 4 rings (SSSR count). The van der Waals surface area contributed by atoms with Gasteiger partial charge in [0.2, 0.25) is 0 Å². The lowest BCUT2D eigenvalue weighted by Crippen LogP contribution is -2.02. The van der Waals surface area contributed by atoms with Gasteiger partial charge in [-0.25, -0.2) is 4.79 Å². The minimum atomic E-state index is -0.947. The Balaban J connectivity index is 1.69. The van der Waals surface area contributed by atoms with E-state index in [1.807, 2.05) is 41.2 Å². The quantitative estimate of drug-likeness (QED) is 0.499. The highest BCUT2D eigenvalue weighted by Gasteiger charge is 2.06. The summed E-state index contributed by atoms with van der Waals surface area (Å²) in [5.74, 6) is -0.947. The second-order valence-corrected chi connectivity index (χ2v) is 6.77. The van der Waals surface area contributed by atoms with E-state index in [1.165, 1.54) is 22.4 Å². The molecule has 4 heteroatoms. The van der Waals surface area contributed by atoms with Crippen LogP contribution in [0.3, 0.4) is 0 Å². The van der Waals surface area contributed by atoms with Crippen molar-refractivity contribution in [2.45, 2.75) is 13.0 Å². The molecule has 4 nitrogen and oxygen atoms in total. The molecule has 1 N–H and O–H groups in total. The maximum Gasteiger partial charge on any atom is 0.328 e. The molecule has 3 aromatic carbocycles. The topological polar surface area (TPSA) is 55.1 Å². The molecule has 1 aromatic heterocycles. The standard InChI is InChI=1S/C24H20N2O2/c27-24(28)11-10-21-9-7-19(17-26-13-3-12-25-26)16-23(21)15-18-6-8-20-4-1-2-5-22(20)14-18/h1-14,16H,15,17H2,(H,27,28)/b11-10+. The van der Waals surface area contributed by atoms with E-state index in [4.69, 9.17) is 5.11 Å². The van der Waals surface area contributed by atoms with E-state index >= 15 is 0 Å². The lowest BCUT2D eigenvalue weighted by molar-refractivity contribution is -0.131. The van der Waals surface area contributed by atoms with Crippen molar-refractivity contribution in [3.63, 3.8) is 0 Å². The largest absolute Gasteiger partial charge is 0.478 e. The van der Waals surface area contributed by atoms with E-state index in [2.05, 4.69) is 41.5 Å². The van der Waals surface area contributed by atoms with Crippen LogP contribution < -0.4 is 0 Å². The molecular formula is C24H20N2O2. The second kappa shape index (κ2) is 7.92. The first-order chi connectivity index (χ1) is 13.7. The molecule has 4 aromatic rings. The van der Waals surface area contributed by atoms with Crippen LogP contribution in [0.25, 0.3) is 16.8 Å². The fourth-order valence-corrected chi connectivity index (χ4v) is 3.38. The van der Waals surface area contributed by atoms with Crippen molar-refractivity contribution in [1.82, 2.24) is 9.78 Å². The van der Waals surface area contributed by atoms with Gasteiger partial charge in [-0.1, -0.05) is 60.7 Å². The molecule has 0 saturated heterocycles. The highest BCUT2D eigenvalue weighted by Crippen LogP contribution is 2.22. The molecule has 0 saturated carbocycles. The van der Waals surface area contributed by atoms with Gasteiger partial charge in [0.25, 0.3) is 0 Å². The summed E-state index contributed by atoms with van der Waals surface area (Å²) < 4.78 is 1.88. The zero-order chi connectivity index (χ0) is 19.3. The second-order valence-electron chi connectivity index (χ2n) is 6.77. The normalized spacial score (nSPS) is 11.3. The Hall–Kier alpha value is -3.66. The van der Waals surface area contributed by atoms with Gasteiger partial charge in [0.1, 0.15) is 0 Å². The van der Waals surface area contributed by atoms with Gasteiger partial charge in [0.05, 0.1) is 6.54 Å². The number of hydrogen-bond donors (Lipinski definition) is 1. The molecular weight excluding hydrogens is 348 g/mol. The Kier molecular flexibility index (Phi) is 5.02. The van der Waals surface area contributed by atoms with E-state index in [-0.39, 0.29) is 0 Å². The summed E-state index contributed by atoms with van der Waals surface area (Å²) in [5, 5.41) is 15.7. The van der Waals surface area contributed by atoms with E-state index in [9.17, 15) is 4.79 Å². The van der Waals surface area contributed by atoms with E-state index < -0.39 is 5.97 Å². The van der Waals surface area contributed by atoms with Crippen molar-refractivity contribution in [2.24, 2.45) is 0 Å². The van der Waals surface area contributed by atoms with Gasteiger partial charge in [-0.3, -0.25) is 4.68 Å². The van der Waals surface area contributed by atoms with Crippen LogP contribution in [-0.2, 0) is 17.8 Å². The molecule has 0 unspecified atom stereocenters. The van der Waals surface area contributed by atoms with Crippen LogP contribution in [0.1, 0.15) is 22.3 Å². The Morgan fingerprint density at radius 1 is 0.964 bits per heavy atom. The highest BCUT2D eigenvalue weighted by molar-refractivity contribution is 5.86. The summed E-state index contributed by atoms with van der Waals surface area (Å²) in [7, 11) is 0. The molecule has 0 spiro atoms. The molecule has 28 heavy (non-hydrogen) atoms. The summed E-state index contributed by atoms with van der Waals surface area (Å²) in [6, 6.07) is 22.8. The Morgan fingerprint density at radius 3 is 2.57 bits per heavy atom. The average molecular weight is 368 g/mol. The number of carboxylic acids is 1. The number of carbonyl (C=O) groups is 1. The molecule has 0 aliphatic rings. The number of nitrogens with zero attached hydrogens (tertiary/aromatic N) is 2. The number of fused-ring (bicyclic) bond motifs is 1. The molecule has 0 fully saturated rings. The summed E-state index contributed by atoms with van der Waals surface area (Å²) in [5.41, 5.74) is 4.34. The summed E-state index contributed by atoms with van der Waals surface area (Å²) in [4.78, 5) is 11.0. The summed E-state index contributed by atoms with van der Waals surface area (Å²) in [6.45, 7) is 0.681. The van der Waals surface area contributed by atoms with Gasteiger partial charge in [0, 0.05) is 18.5 Å². The zero-order valence-electron chi connectivity index (χ0n) is 15.3. The molecule has 1 heterocycles. The van der Waals surface area contributed by atoms with Gasteiger partial charge >= 0.3 is 5.97 Å². The van der Waals surface area contributed by atoms with Gasteiger partial charge in [-0.15, -0.1) is 0 Å². The van der Waals surface area contributed by atoms with Crippen LogP contribution in [0.5, 0.6) is 0 Å². The van der Waals surface area contributed by atoms with Gasteiger partial charge in [0.15, 0.2) is 0 Å². The minimum absolute atomic E-state index is 0.681. The van der Waals surface area contributed by atoms with Crippen molar-refractivity contribution in [3.05, 3.63) is 107 Å². The molecule has 0 atom stereocenters. The Labute approximate surface area is 163 Å². The number of aliphatic carboxylic acids is 1.